The smallest absolute Gasteiger partial charge is 0.317 e. The van der Waals surface area contributed by atoms with Gasteiger partial charge in [0.1, 0.15) is 0 Å². The summed E-state index contributed by atoms with van der Waals surface area (Å²) in [4.78, 5) is 25.3. The first-order chi connectivity index (χ1) is 12.5. The van der Waals surface area contributed by atoms with Gasteiger partial charge in [-0.2, -0.15) is 0 Å². The third kappa shape index (κ3) is 4.18. The molecule has 2 aliphatic carbocycles. The number of carboxylic acids is 1. The molecule has 6 heteroatoms. The first-order valence-corrected chi connectivity index (χ1v) is 9.59. The maximum absolute atomic E-state index is 12.4. The van der Waals surface area contributed by atoms with Crippen molar-refractivity contribution in [3.63, 3.8) is 0 Å². The van der Waals surface area contributed by atoms with Crippen LogP contribution in [0.25, 0.3) is 0 Å². The molecule has 0 radical (unpaired) electrons. The molecule has 6 nitrogen and oxygen atoms in total. The maximum Gasteiger partial charge on any atom is 0.317 e. The molecule has 2 unspecified atom stereocenters. The number of aliphatic carboxylic acids is 1. The minimum Gasteiger partial charge on any atom is -0.480 e. The molecule has 1 saturated carbocycles. The zero-order valence-electron chi connectivity index (χ0n) is 15.6. The van der Waals surface area contributed by atoms with Gasteiger partial charge in [0, 0.05) is 12.1 Å². The van der Waals surface area contributed by atoms with Crippen molar-refractivity contribution in [2.45, 2.75) is 63.6 Å². The van der Waals surface area contributed by atoms with Gasteiger partial charge in [-0.05, 0) is 49.3 Å². The Balaban J connectivity index is 1.49. The molecule has 0 spiro atoms. The summed E-state index contributed by atoms with van der Waals surface area (Å²) < 4.78 is 0. The second kappa shape index (κ2) is 8.08. The van der Waals surface area contributed by atoms with Gasteiger partial charge in [0.15, 0.2) is 0 Å². The molecule has 1 aromatic carbocycles. The summed E-state index contributed by atoms with van der Waals surface area (Å²) in [6, 6.07) is 8.68. The zero-order valence-corrected chi connectivity index (χ0v) is 15.6. The molecule has 142 valence electrons. The summed E-state index contributed by atoms with van der Waals surface area (Å²) in [5.41, 5.74) is 2.56. The molecule has 0 heterocycles. The van der Waals surface area contributed by atoms with Crippen LogP contribution in [0.2, 0.25) is 0 Å². The van der Waals surface area contributed by atoms with Crippen molar-refractivity contribution in [1.29, 1.82) is 0 Å². The Morgan fingerprint density at radius 1 is 1.15 bits per heavy atom. The number of likely N-dealkylation sites (N-methyl/N-ethyl adjacent to an activating group) is 1. The molecule has 1 fully saturated rings. The first-order valence-electron chi connectivity index (χ1n) is 9.59. The monoisotopic (exact) mass is 359 g/mol. The Morgan fingerprint density at radius 3 is 2.50 bits per heavy atom. The summed E-state index contributed by atoms with van der Waals surface area (Å²) in [5, 5.41) is 15.1. The lowest BCUT2D eigenvalue weighted by molar-refractivity contribution is -0.139. The number of fused-ring (bicyclic) bond motifs is 1. The van der Waals surface area contributed by atoms with Gasteiger partial charge in [-0.1, -0.05) is 38.1 Å². The molecule has 3 N–H and O–H groups in total. The Kier molecular flexibility index (Phi) is 5.81. The van der Waals surface area contributed by atoms with Crippen molar-refractivity contribution in [2.75, 3.05) is 13.1 Å². The fourth-order valence-electron chi connectivity index (χ4n) is 4.22. The van der Waals surface area contributed by atoms with Gasteiger partial charge < -0.3 is 15.7 Å². The van der Waals surface area contributed by atoms with E-state index in [9.17, 15) is 9.59 Å². The normalized spacial score (nSPS) is 27.3. The van der Waals surface area contributed by atoms with Crippen molar-refractivity contribution in [2.24, 2.45) is 0 Å². The average Bonchev–Trinajstić information content (AvgIpc) is 2.58. The number of nitrogens with one attached hydrogen (secondary N) is 2. The zero-order chi connectivity index (χ0) is 18.7. The van der Waals surface area contributed by atoms with Crippen LogP contribution in [0.15, 0.2) is 24.3 Å². The van der Waals surface area contributed by atoms with Gasteiger partial charge in [-0.15, -0.1) is 0 Å². The molecule has 3 rings (SSSR count). The fraction of sp³-hybridized carbons (Fsp3) is 0.600. The van der Waals surface area contributed by atoms with Crippen LogP contribution in [-0.2, 0) is 4.79 Å². The molecule has 2 aliphatic rings. The van der Waals surface area contributed by atoms with Crippen LogP contribution in [0.4, 0.5) is 4.79 Å². The quantitative estimate of drug-likeness (QED) is 0.729. The van der Waals surface area contributed by atoms with Crippen molar-refractivity contribution < 1.29 is 14.7 Å². The third-order valence-corrected chi connectivity index (χ3v) is 5.81. The van der Waals surface area contributed by atoms with Gasteiger partial charge >= 0.3 is 12.0 Å². The van der Waals surface area contributed by atoms with E-state index in [1.807, 2.05) is 17.9 Å². The number of amides is 2. The Hall–Kier alpha value is -2.08. The van der Waals surface area contributed by atoms with Crippen LogP contribution < -0.4 is 10.6 Å². The summed E-state index contributed by atoms with van der Waals surface area (Å²) in [5.74, 6) is -0.264. The van der Waals surface area contributed by atoms with Crippen LogP contribution in [0.3, 0.4) is 0 Å². The lowest BCUT2D eigenvalue weighted by Gasteiger charge is -2.42. The highest BCUT2D eigenvalue weighted by Crippen LogP contribution is 2.37. The number of hydrogen-bond acceptors (Lipinski definition) is 3. The largest absolute Gasteiger partial charge is 0.480 e. The van der Waals surface area contributed by atoms with Gasteiger partial charge in [0.2, 0.25) is 0 Å². The predicted molar refractivity (Wildman–Crippen MR) is 100 cm³/mol. The number of rotatable bonds is 6. The number of hydrogen-bond donors (Lipinski definition) is 3. The Morgan fingerprint density at radius 2 is 1.85 bits per heavy atom. The van der Waals surface area contributed by atoms with Crippen molar-refractivity contribution in [3.8, 4) is 0 Å². The number of nitrogens with zero attached hydrogens (tertiary/aromatic N) is 1. The summed E-state index contributed by atoms with van der Waals surface area (Å²) in [6.07, 6.45) is 3.66. The summed E-state index contributed by atoms with van der Waals surface area (Å²) in [7, 11) is 0. The van der Waals surface area contributed by atoms with Gasteiger partial charge in [0.05, 0.1) is 12.6 Å². The standard InChI is InChI=1S/C20H29N3O3/c1-3-23(12-19(24)25)15-10-14(11-15)21-20(26)22-18-9-8-13(2)16-6-4-5-7-17(16)18/h4-7,13-15,18H,3,8-12H2,1-2H3,(H,24,25)(H2,21,22,26). The van der Waals surface area contributed by atoms with E-state index in [1.54, 1.807) is 0 Å². The van der Waals surface area contributed by atoms with Crippen molar-refractivity contribution in [3.05, 3.63) is 35.4 Å². The molecule has 0 aliphatic heterocycles. The topological polar surface area (TPSA) is 81.7 Å². The van der Waals surface area contributed by atoms with Crippen molar-refractivity contribution >= 4 is 12.0 Å². The Bertz CT molecular complexity index is 657. The minimum atomic E-state index is -0.800. The van der Waals surface area contributed by atoms with E-state index in [1.165, 1.54) is 11.1 Å². The van der Waals surface area contributed by atoms with E-state index in [-0.39, 0.29) is 30.7 Å². The SMILES string of the molecule is CCN(CC(=O)O)C1CC(NC(=O)NC2CCC(C)c3ccccc32)C1. The molecule has 1 aromatic rings. The molecule has 2 amide bonds. The second-order valence-electron chi connectivity index (χ2n) is 7.56. The molecular weight excluding hydrogens is 330 g/mol. The summed E-state index contributed by atoms with van der Waals surface area (Å²) >= 11 is 0. The van der Waals surface area contributed by atoms with Gasteiger partial charge in [0.25, 0.3) is 0 Å². The molecule has 26 heavy (non-hydrogen) atoms. The van der Waals surface area contributed by atoms with E-state index in [4.69, 9.17) is 5.11 Å². The van der Waals surface area contributed by atoms with Crippen LogP contribution in [0.5, 0.6) is 0 Å². The van der Waals surface area contributed by atoms with E-state index >= 15 is 0 Å². The fourth-order valence-corrected chi connectivity index (χ4v) is 4.22. The lowest BCUT2D eigenvalue weighted by Crippen LogP contribution is -2.56. The number of carbonyl (C=O) groups is 2. The second-order valence-corrected chi connectivity index (χ2v) is 7.56. The lowest BCUT2D eigenvalue weighted by atomic mass is 9.81. The molecule has 0 bridgehead atoms. The van der Waals surface area contributed by atoms with Gasteiger partial charge in [-0.25, -0.2) is 4.79 Å². The van der Waals surface area contributed by atoms with Crippen LogP contribution >= 0.6 is 0 Å². The molecule has 0 saturated heterocycles. The third-order valence-electron chi connectivity index (χ3n) is 5.81. The first kappa shape index (κ1) is 18.7. The maximum atomic E-state index is 12.4. The van der Waals surface area contributed by atoms with Gasteiger partial charge in [-0.3, -0.25) is 9.69 Å². The van der Waals surface area contributed by atoms with E-state index in [2.05, 4.69) is 35.8 Å². The predicted octanol–water partition coefficient (Wildman–Crippen LogP) is 2.86. The van der Waals surface area contributed by atoms with E-state index in [0.29, 0.717) is 12.5 Å². The number of carbonyl (C=O) groups excluding carboxylic acids is 1. The molecular formula is C20H29N3O3. The number of urea groups is 1. The van der Waals surface area contributed by atoms with Crippen molar-refractivity contribution in [1.82, 2.24) is 15.5 Å². The van der Waals surface area contributed by atoms with Crippen LogP contribution in [0.1, 0.15) is 62.6 Å². The minimum absolute atomic E-state index is 0.0666. The molecule has 0 aromatic heterocycles. The highest BCUT2D eigenvalue weighted by molar-refractivity contribution is 5.75. The highest BCUT2D eigenvalue weighted by atomic mass is 16.4. The van der Waals surface area contributed by atoms with E-state index in [0.717, 1.165) is 25.7 Å². The number of benzene rings is 1. The number of carboxylic acid groups (broad SMARTS) is 1. The molecule has 2 atom stereocenters. The van der Waals surface area contributed by atoms with E-state index < -0.39 is 5.97 Å². The average molecular weight is 359 g/mol. The van der Waals surface area contributed by atoms with Crippen LogP contribution in [0, 0.1) is 0 Å². The highest BCUT2D eigenvalue weighted by Gasteiger charge is 2.35. The summed E-state index contributed by atoms with van der Waals surface area (Å²) in [6.45, 7) is 4.99. The van der Waals surface area contributed by atoms with Crippen LogP contribution in [-0.4, -0.2) is 47.2 Å². The Labute approximate surface area is 155 Å².